The maximum absolute atomic E-state index is 11.9. The van der Waals surface area contributed by atoms with E-state index in [2.05, 4.69) is 10.4 Å². The smallest absolute Gasteiger partial charge is 0.251 e. The molecule has 0 aliphatic rings. The molecular weight excluding hydrogens is 240 g/mol. The molecule has 0 fully saturated rings. The van der Waals surface area contributed by atoms with Gasteiger partial charge in [0.05, 0.1) is 17.8 Å². The Hall–Kier alpha value is -2.61. The van der Waals surface area contributed by atoms with Gasteiger partial charge in [-0.2, -0.15) is 10.4 Å². The molecule has 0 aliphatic carbocycles. The Balaban J connectivity index is 1.99. The number of aromatic nitrogens is 2. The minimum Gasteiger partial charge on any atom is -0.348 e. The molecular formula is C14H14N4O. The number of nitriles is 1. The Morgan fingerprint density at radius 2 is 2.37 bits per heavy atom. The lowest BCUT2D eigenvalue weighted by molar-refractivity contribution is 0.0951. The number of hydrogen-bond acceptors (Lipinski definition) is 3. The number of amides is 1. The van der Waals surface area contributed by atoms with Crippen molar-refractivity contribution in [2.24, 2.45) is 0 Å². The van der Waals surface area contributed by atoms with Gasteiger partial charge in [0.2, 0.25) is 0 Å². The summed E-state index contributed by atoms with van der Waals surface area (Å²) >= 11 is 0. The lowest BCUT2D eigenvalue weighted by Crippen LogP contribution is -2.22. The summed E-state index contributed by atoms with van der Waals surface area (Å²) in [5.74, 6) is -0.193. The zero-order valence-corrected chi connectivity index (χ0v) is 10.6. The van der Waals surface area contributed by atoms with Gasteiger partial charge in [0.1, 0.15) is 0 Å². The molecule has 19 heavy (non-hydrogen) atoms. The zero-order chi connectivity index (χ0) is 13.7. The predicted octanol–water partition coefficient (Wildman–Crippen LogP) is 1.70. The molecule has 0 radical (unpaired) electrons. The number of benzene rings is 1. The van der Waals surface area contributed by atoms with Crippen LogP contribution in [-0.2, 0) is 13.1 Å². The Labute approximate surface area is 111 Å². The molecule has 2 aromatic rings. The topological polar surface area (TPSA) is 70.7 Å². The normalized spacial score (nSPS) is 9.89. The lowest BCUT2D eigenvalue weighted by atomic mass is 10.1. The molecule has 1 N–H and O–H groups in total. The first-order valence-corrected chi connectivity index (χ1v) is 6.02. The number of aryl methyl sites for hydroxylation is 1. The van der Waals surface area contributed by atoms with Gasteiger partial charge in [-0.3, -0.25) is 9.48 Å². The highest BCUT2D eigenvalue weighted by atomic mass is 16.1. The molecule has 1 aromatic carbocycles. The van der Waals surface area contributed by atoms with Crippen molar-refractivity contribution in [2.75, 3.05) is 0 Å². The van der Waals surface area contributed by atoms with Crippen LogP contribution in [0.15, 0.2) is 36.7 Å². The molecule has 0 aliphatic heterocycles. The van der Waals surface area contributed by atoms with Gasteiger partial charge in [-0.05, 0) is 25.1 Å². The van der Waals surface area contributed by atoms with E-state index < -0.39 is 0 Å². The largest absolute Gasteiger partial charge is 0.348 e. The monoisotopic (exact) mass is 254 g/mol. The van der Waals surface area contributed by atoms with Crippen molar-refractivity contribution in [3.8, 4) is 6.07 Å². The summed E-state index contributed by atoms with van der Waals surface area (Å²) in [6, 6.07) is 8.64. The summed E-state index contributed by atoms with van der Waals surface area (Å²) in [5.41, 5.74) is 1.92. The van der Waals surface area contributed by atoms with Gasteiger partial charge >= 0.3 is 0 Å². The van der Waals surface area contributed by atoms with E-state index in [4.69, 9.17) is 5.26 Å². The second kappa shape index (κ2) is 5.83. The molecule has 1 amide bonds. The SMILES string of the molecule is CCn1cc(CNC(=O)c2cccc(C#N)c2)cn1. The summed E-state index contributed by atoms with van der Waals surface area (Å²) in [6.45, 7) is 3.23. The maximum atomic E-state index is 11.9. The van der Waals surface area contributed by atoms with Crippen molar-refractivity contribution in [3.05, 3.63) is 53.3 Å². The quantitative estimate of drug-likeness (QED) is 0.902. The second-order valence-electron chi connectivity index (χ2n) is 4.08. The van der Waals surface area contributed by atoms with Crippen LogP contribution < -0.4 is 5.32 Å². The highest BCUT2D eigenvalue weighted by Gasteiger charge is 2.06. The molecule has 5 heteroatoms. The van der Waals surface area contributed by atoms with Crippen LogP contribution in [0, 0.1) is 11.3 Å². The van der Waals surface area contributed by atoms with E-state index in [0.717, 1.165) is 12.1 Å². The van der Waals surface area contributed by atoms with Gasteiger partial charge in [-0.1, -0.05) is 6.07 Å². The summed E-state index contributed by atoms with van der Waals surface area (Å²) in [6.07, 6.45) is 3.63. The zero-order valence-electron chi connectivity index (χ0n) is 10.6. The summed E-state index contributed by atoms with van der Waals surface area (Å²) in [7, 11) is 0. The molecule has 1 aromatic heterocycles. The van der Waals surface area contributed by atoms with Crippen molar-refractivity contribution in [1.82, 2.24) is 15.1 Å². The molecule has 0 spiro atoms. The van der Waals surface area contributed by atoms with Crippen LogP contribution in [0.25, 0.3) is 0 Å². The highest BCUT2D eigenvalue weighted by molar-refractivity contribution is 5.94. The molecule has 0 saturated heterocycles. The van der Waals surface area contributed by atoms with E-state index in [-0.39, 0.29) is 5.91 Å². The van der Waals surface area contributed by atoms with E-state index in [9.17, 15) is 4.79 Å². The van der Waals surface area contributed by atoms with Gasteiger partial charge < -0.3 is 5.32 Å². The van der Waals surface area contributed by atoms with Crippen LogP contribution in [0.1, 0.15) is 28.4 Å². The number of carbonyl (C=O) groups excluding carboxylic acids is 1. The molecule has 5 nitrogen and oxygen atoms in total. The van der Waals surface area contributed by atoms with E-state index in [0.29, 0.717) is 17.7 Å². The van der Waals surface area contributed by atoms with E-state index in [1.54, 1.807) is 35.1 Å². The Morgan fingerprint density at radius 1 is 1.53 bits per heavy atom. The van der Waals surface area contributed by atoms with Gasteiger partial charge in [0.15, 0.2) is 0 Å². The first-order chi connectivity index (χ1) is 9.22. The third kappa shape index (κ3) is 3.19. The van der Waals surface area contributed by atoms with Crippen LogP contribution in [0.5, 0.6) is 0 Å². The lowest BCUT2D eigenvalue weighted by Gasteiger charge is -2.03. The van der Waals surface area contributed by atoms with Crippen LogP contribution in [0.4, 0.5) is 0 Å². The number of carbonyl (C=O) groups is 1. The van der Waals surface area contributed by atoms with Crippen molar-refractivity contribution in [1.29, 1.82) is 5.26 Å². The third-order valence-corrected chi connectivity index (χ3v) is 2.72. The molecule has 0 atom stereocenters. The Kier molecular flexibility index (Phi) is 3.94. The summed E-state index contributed by atoms with van der Waals surface area (Å²) in [5, 5.41) is 15.7. The molecule has 96 valence electrons. The molecule has 0 bridgehead atoms. The molecule has 0 saturated carbocycles. The number of nitrogens with one attached hydrogen (secondary N) is 1. The average molecular weight is 254 g/mol. The Morgan fingerprint density at radius 3 is 3.05 bits per heavy atom. The minimum absolute atomic E-state index is 0.193. The molecule has 1 heterocycles. The second-order valence-corrected chi connectivity index (χ2v) is 4.08. The van der Waals surface area contributed by atoms with Gasteiger partial charge in [0, 0.05) is 30.4 Å². The maximum Gasteiger partial charge on any atom is 0.251 e. The average Bonchev–Trinajstić information content (AvgIpc) is 2.93. The standard InChI is InChI=1S/C14H14N4O/c1-2-18-10-12(9-17-18)8-16-14(19)13-5-3-4-11(6-13)7-15/h3-6,9-10H,2,8H2,1H3,(H,16,19). The number of rotatable bonds is 4. The van der Waals surface area contributed by atoms with Crippen molar-refractivity contribution < 1.29 is 4.79 Å². The van der Waals surface area contributed by atoms with E-state index >= 15 is 0 Å². The fourth-order valence-corrected chi connectivity index (χ4v) is 1.69. The fraction of sp³-hybridized carbons (Fsp3) is 0.214. The van der Waals surface area contributed by atoms with Crippen LogP contribution in [0.3, 0.4) is 0 Å². The molecule has 2 rings (SSSR count). The third-order valence-electron chi connectivity index (χ3n) is 2.72. The van der Waals surface area contributed by atoms with Gasteiger partial charge in [-0.25, -0.2) is 0 Å². The number of nitrogens with zero attached hydrogens (tertiary/aromatic N) is 3. The van der Waals surface area contributed by atoms with Crippen LogP contribution >= 0.6 is 0 Å². The summed E-state index contributed by atoms with van der Waals surface area (Å²) < 4.78 is 1.80. The van der Waals surface area contributed by atoms with E-state index in [1.807, 2.05) is 19.2 Å². The molecule has 0 unspecified atom stereocenters. The first kappa shape index (κ1) is 12.8. The minimum atomic E-state index is -0.193. The fourth-order valence-electron chi connectivity index (χ4n) is 1.69. The number of hydrogen-bond donors (Lipinski definition) is 1. The highest BCUT2D eigenvalue weighted by Crippen LogP contribution is 2.05. The van der Waals surface area contributed by atoms with Crippen molar-refractivity contribution >= 4 is 5.91 Å². The first-order valence-electron chi connectivity index (χ1n) is 6.02. The van der Waals surface area contributed by atoms with Crippen LogP contribution in [0.2, 0.25) is 0 Å². The predicted molar refractivity (Wildman–Crippen MR) is 70.2 cm³/mol. The van der Waals surface area contributed by atoms with E-state index in [1.165, 1.54) is 0 Å². The van der Waals surface area contributed by atoms with Crippen molar-refractivity contribution in [3.63, 3.8) is 0 Å². The van der Waals surface area contributed by atoms with Gasteiger partial charge in [0.25, 0.3) is 5.91 Å². The van der Waals surface area contributed by atoms with Crippen LogP contribution in [-0.4, -0.2) is 15.7 Å². The van der Waals surface area contributed by atoms with Crippen molar-refractivity contribution in [2.45, 2.75) is 20.0 Å². The summed E-state index contributed by atoms with van der Waals surface area (Å²) in [4.78, 5) is 11.9. The van der Waals surface area contributed by atoms with Gasteiger partial charge in [-0.15, -0.1) is 0 Å². The Bertz CT molecular complexity index is 624.